The summed E-state index contributed by atoms with van der Waals surface area (Å²) < 4.78 is 1.26. The van der Waals surface area contributed by atoms with E-state index in [4.69, 9.17) is 0 Å². The molecule has 0 N–H and O–H groups in total. The van der Waals surface area contributed by atoms with E-state index >= 15 is 0 Å². The van der Waals surface area contributed by atoms with Gasteiger partial charge in [0, 0.05) is 19.1 Å². The molecule has 2 aromatic rings. The van der Waals surface area contributed by atoms with E-state index in [9.17, 15) is 0 Å². The Labute approximate surface area is 136 Å². The SMILES string of the molecule is Cc1csc2c(N3CCC[C@H](N4CCCCC4)C3)ncnc12. The van der Waals surface area contributed by atoms with Crippen LogP contribution in [0.2, 0.25) is 0 Å². The number of hydrogen-bond donors (Lipinski definition) is 0. The van der Waals surface area contributed by atoms with Gasteiger partial charge in [-0.3, -0.25) is 4.90 Å². The fraction of sp³-hybridized carbons (Fsp3) is 0.647. The summed E-state index contributed by atoms with van der Waals surface area (Å²) in [6, 6.07) is 0.708. The van der Waals surface area contributed by atoms with Gasteiger partial charge in [-0.25, -0.2) is 9.97 Å². The van der Waals surface area contributed by atoms with Crippen molar-refractivity contribution in [1.82, 2.24) is 14.9 Å². The van der Waals surface area contributed by atoms with Gasteiger partial charge in [0.25, 0.3) is 0 Å². The zero-order chi connectivity index (χ0) is 14.9. The molecule has 0 radical (unpaired) electrons. The average molecular weight is 316 g/mol. The summed E-state index contributed by atoms with van der Waals surface area (Å²) in [5.74, 6) is 1.16. The van der Waals surface area contributed by atoms with Gasteiger partial charge < -0.3 is 4.90 Å². The van der Waals surface area contributed by atoms with Crippen molar-refractivity contribution < 1.29 is 0 Å². The van der Waals surface area contributed by atoms with Crippen LogP contribution in [0.5, 0.6) is 0 Å². The van der Waals surface area contributed by atoms with Crippen LogP contribution < -0.4 is 4.90 Å². The first-order chi connectivity index (χ1) is 10.8. The van der Waals surface area contributed by atoms with Crippen molar-refractivity contribution >= 4 is 27.4 Å². The second-order valence-corrected chi connectivity index (χ2v) is 7.51. The first-order valence-electron chi connectivity index (χ1n) is 8.51. The summed E-state index contributed by atoms with van der Waals surface area (Å²) >= 11 is 1.79. The highest BCUT2D eigenvalue weighted by Crippen LogP contribution is 2.33. The number of fused-ring (bicyclic) bond motifs is 1. The number of piperidine rings is 2. The standard InChI is InChI=1S/C17H24N4S/c1-13-11-22-16-15(13)18-12-19-17(16)21-9-5-6-14(10-21)20-7-3-2-4-8-20/h11-12,14H,2-10H2,1H3/t14-/m0/s1. The van der Waals surface area contributed by atoms with Crippen molar-refractivity contribution in [2.24, 2.45) is 0 Å². The molecule has 4 nitrogen and oxygen atoms in total. The molecule has 2 aliphatic heterocycles. The Bertz CT molecular complexity index is 647. The Kier molecular flexibility index (Phi) is 4.01. The molecule has 2 saturated heterocycles. The van der Waals surface area contributed by atoms with Crippen molar-refractivity contribution in [3.8, 4) is 0 Å². The Morgan fingerprint density at radius 3 is 2.82 bits per heavy atom. The van der Waals surface area contributed by atoms with Crippen LogP contribution in [-0.2, 0) is 0 Å². The van der Waals surface area contributed by atoms with Gasteiger partial charge in [-0.1, -0.05) is 6.42 Å². The van der Waals surface area contributed by atoms with Gasteiger partial charge in [-0.05, 0) is 56.6 Å². The third kappa shape index (κ3) is 2.61. The summed E-state index contributed by atoms with van der Waals surface area (Å²) in [5, 5.41) is 2.20. The van der Waals surface area contributed by atoms with E-state index in [0.717, 1.165) is 24.4 Å². The number of anilines is 1. The van der Waals surface area contributed by atoms with E-state index in [-0.39, 0.29) is 0 Å². The number of likely N-dealkylation sites (tertiary alicyclic amines) is 1. The van der Waals surface area contributed by atoms with Crippen molar-refractivity contribution in [2.45, 2.75) is 45.1 Å². The minimum atomic E-state index is 0.708. The molecule has 1 atom stereocenters. The highest BCUT2D eigenvalue weighted by Gasteiger charge is 2.28. The quantitative estimate of drug-likeness (QED) is 0.849. The van der Waals surface area contributed by atoms with Gasteiger partial charge in [0.15, 0.2) is 0 Å². The van der Waals surface area contributed by atoms with Crippen LogP contribution in [0.4, 0.5) is 5.82 Å². The molecule has 0 amide bonds. The van der Waals surface area contributed by atoms with E-state index in [2.05, 4.69) is 32.1 Å². The molecule has 118 valence electrons. The molecule has 22 heavy (non-hydrogen) atoms. The number of aryl methyl sites for hydroxylation is 1. The number of thiophene rings is 1. The van der Waals surface area contributed by atoms with Crippen molar-refractivity contribution in [1.29, 1.82) is 0 Å². The summed E-state index contributed by atoms with van der Waals surface area (Å²) in [6.45, 7) is 6.98. The first-order valence-corrected chi connectivity index (χ1v) is 9.38. The largest absolute Gasteiger partial charge is 0.354 e. The minimum Gasteiger partial charge on any atom is -0.354 e. The Hall–Kier alpha value is -1.20. The average Bonchev–Trinajstić information content (AvgIpc) is 2.97. The fourth-order valence-electron chi connectivity index (χ4n) is 3.91. The Morgan fingerprint density at radius 1 is 1.09 bits per heavy atom. The van der Waals surface area contributed by atoms with Crippen LogP contribution in [-0.4, -0.2) is 47.1 Å². The van der Waals surface area contributed by atoms with Crippen LogP contribution in [0.15, 0.2) is 11.7 Å². The molecule has 4 rings (SSSR count). The maximum Gasteiger partial charge on any atom is 0.150 e. The zero-order valence-corrected chi connectivity index (χ0v) is 14.1. The normalized spacial score (nSPS) is 24.0. The van der Waals surface area contributed by atoms with Crippen LogP contribution in [0.1, 0.15) is 37.7 Å². The van der Waals surface area contributed by atoms with Gasteiger partial charge in [0.05, 0.1) is 10.2 Å². The van der Waals surface area contributed by atoms with Crippen LogP contribution in [0, 0.1) is 6.92 Å². The summed E-state index contributed by atoms with van der Waals surface area (Å²) in [4.78, 5) is 14.3. The third-order valence-electron chi connectivity index (χ3n) is 5.12. The van der Waals surface area contributed by atoms with Crippen molar-refractivity contribution in [2.75, 3.05) is 31.1 Å². The molecule has 0 unspecified atom stereocenters. The van der Waals surface area contributed by atoms with E-state index in [0.29, 0.717) is 6.04 Å². The topological polar surface area (TPSA) is 32.3 Å². The molecular formula is C17H24N4S. The molecule has 0 spiro atoms. The van der Waals surface area contributed by atoms with Gasteiger partial charge in [0.2, 0.25) is 0 Å². The maximum absolute atomic E-state index is 4.63. The van der Waals surface area contributed by atoms with Crippen molar-refractivity contribution in [3.63, 3.8) is 0 Å². The van der Waals surface area contributed by atoms with Gasteiger partial charge in [-0.15, -0.1) is 11.3 Å². The van der Waals surface area contributed by atoms with E-state index in [1.54, 1.807) is 17.7 Å². The smallest absolute Gasteiger partial charge is 0.150 e. The predicted octanol–water partition coefficient (Wildman–Crippen LogP) is 3.45. The number of hydrogen-bond acceptors (Lipinski definition) is 5. The van der Waals surface area contributed by atoms with Crippen LogP contribution >= 0.6 is 11.3 Å². The molecule has 5 heteroatoms. The summed E-state index contributed by atoms with van der Waals surface area (Å²) in [7, 11) is 0. The molecule has 0 aliphatic carbocycles. The van der Waals surface area contributed by atoms with Crippen LogP contribution in [0.3, 0.4) is 0 Å². The predicted molar refractivity (Wildman–Crippen MR) is 92.8 cm³/mol. The number of rotatable bonds is 2. The summed E-state index contributed by atoms with van der Waals surface area (Å²) in [6.07, 6.45) is 8.51. The highest BCUT2D eigenvalue weighted by atomic mass is 32.1. The highest BCUT2D eigenvalue weighted by molar-refractivity contribution is 7.18. The van der Waals surface area contributed by atoms with Crippen molar-refractivity contribution in [3.05, 3.63) is 17.3 Å². The second-order valence-electron chi connectivity index (χ2n) is 6.63. The third-order valence-corrected chi connectivity index (χ3v) is 6.20. The fourth-order valence-corrected chi connectivity index (χ4v) is 4.93. The lowest BCUT2D eigenvalue weighted by atomic mass is 10.0. The monoisotopic (exact) mass is 316 g/mol. The minimum absolute atomic E-state index is 0.708. The molecule has 2 aromatic heterocycles. The molecule has 0 bridgehead atoms. The number of aromatic nitrogens is 2. The van der Waals surface area contributed by atoms with Crippen LogP contribution in [0.25, 0.3) is 10.2 Å². The van der Waals surface area contributed by atoms with E-state index in [1.165, 1.54) is 55.5 Å². The van der Waals surface area contributed by atoms with Gasteiger partial charge in [0.1, 0.15) is 12.1 Å². The molecule has 2 aliphatic rings. The molecular weight excluding hydrogens is 292 g/mol. The van der Waals surface area contributed by atoms with E-state index in [1.807, 2.05) is 0 Å². The van der Waals surface area contributed by atoms with E-state index < -0.39 is 0 Å². The molecule has 0 aromatic carbocycles. The molecule has 2 fully saturated rings. The second kappa shape index (κ2) is 6.13. The maximum atomic E-state index is 4.63. The molecule has 4 heterocycles. The molecule has 0 saturated carbocycles. The lowest BCUT2D eigenvalue weighted by Crippen LogP contribution is -2.49. The van der Waals surface area contributed by atoms with Gasteiger partial charge in [-0.2, -0.15) is 0 Å². The Balaban J connectivity index is 1.58. The van der Waals surface area contributed by atoms with Gasteiger partial charge >= 0.3 is 0 Å². The zero-order valence-electron chi connectivity index (χ0n) is 13.3. The summed E-state index contributed by atoms with van der Waals surface area (Å²) in [5.41, 5.74) is 2.41. The number of nitrogens with zero attached hydrogens (tertiary/aromatic N) is 4. The Morgan fingerprint density at radius 2 is 1.95 bits per heavy atom. The first kappa shape index (κ1) is 14.4. The lowest BCUT2D eigenvalue weighted by Gasteiger charge is -2.41. The lowest BCUT2D eigenvalue weighted by molar-refractivity contribution is 0.147.